The highest BCUT2D eigenvalue weighted by Gasteiger charge is 2.15. The summed E-state index contributed by atoms with van der Waals surface area (Å²) in [6, 6.07) is 6.29. The Kier molecular flexibility index (Phi) is 2.93. The van der Waals surface area contributed by atoms with E-state index in [0.29, 0.717) is 6.54 Å². The maximum Gasteiger partial charge on any atom is 0.0614 e. The molecule has 14 heavy (non-hydrogen) atoms. The third-order valence-corrected chi connectivity index (χ3v) is 2.89. The number of nitrogens with zero attached hydrogens (tertiary/aromatic N) is 1. The number of rotatable bonds is 2. The van der Waals surface area contributed by atoms with Crippen molar-refractivity contribution < 1.29 is 0 Å². The van der Waals surface area contributed by atoms with E-state index in [1.165, 1.54) is 11.4 Å². The summed E-state index contributed by atoms with van der Waals surface area (Å²) in [5, 5.41) is 3.37. The average molecular weight is 256 g/mol. The van der Waals surface area contributed by atoms with Gasteiger partial charge in [0.25, 0.3) is 0 Å². The van der Waals surface area contributed by atoms with E-state index in [4.69, 9.17) is 5.73 Å². The second kappa shape index (κ2) is 4.19. The monoisotopic (exact) mass is 255 g/mol. The van der Waals surface area contributed by atoms with Crippen LogP contribution >= 0.6 is 15.9 Å². The molecule has 0 saturated carbocycles. The van der Waals surface area contributed by atoms with Crippen molar-refractivity contribution in [1.29, 1.82) is 0 Å². The van der Waals surface area contributed by atoms with Crippen molar-refractivity contribution in [3.63, 3.8) is 0 Å². The van der Waals surface area contributed by atoms with Gasteiger partial charge in [-0.25, -0.2) is 0 Å². The molecule has 0 spiro atoms. The number of anilines is 2. The lowest BCUT2D eigenvalue weighted by Gasteiger charge is -2.31. The minimum Gasteiger partial charge on any atom is -0.382 e. The minimum atomic E-state index is 0.700. The van der Waals surface area contributed by atoms with Gasteiger partial charge in [-0.1, -0.05) is 15.9 Å². The van der Waals surface area contributed by atoms with E-state index in [2.05, 4.69) is 44.3 Å². The first kappa shape index (κ1) is 9.80. The summed E-state index contributed by atoms with van der Waals surface area (Å²) in [7, 11) is 0. The van der Waals surface area contributed by atoms with Gasteiger partial charge in [-0.2, -0.15) is 0 Å². The molecule has 0 fully saturated rings. The van der Waals surface area contributed by atoms with Gasteiger partial charge in [0.1, 0.15) is 0 Å². The van der Waals surface area contributed by atoms with E-state index in [0.717, 1.165) is 24.1 Å². The van der Waals surface area contributed by atoms with Crippen molar-refractivity contribution in [2.45, 2.75) is 0 Å². The molecule has 0 amide bonds. The van der Waals surface area contributed by atoms with Crippen molar-refractivity contribution in [2.75, 3.05) is 36.4 Å². The second-order valence-corrected chi connectivity index (χ2v) is 4.28. The lowest BCUT2D eigenvalue weighted by atomic mass is 10.2. The molecule has 76 valence electrons. The fourth-order valence-electron chi connectivity index (χ4n) is 1.75. The zero-order valence-corrected chi connectivity index (χ0v) is 9.55. The summed E-state index contributed by atoms with van der Waals surface area (Å²) in [5.41, 5.74) is 8.03. The van der Waals surface area contributed by atoms with Gasteiger partial charge in [0, 0.05) is 30.7 Å². The van der Waals surface area contributed by atoms with Gasteiger partial charge in [-0.15, -0.1) is 0 Å². The van der Waals surface area contributed by atoms with Gasteiger partial charge in [0.15, 0.2) is 0 Å². The summed E-state index contributed by atoms with van der Waals surface area (Å²) in [6.45, 7) is 3.65. The summed E-state index contributed by atoms with van der Waals surface area (Å²) >= 11 is 3.48. The Morgan fingerprint density at radius 1 is 1.50 bits per heavy atom. The van der Waals surface area contributed by atoms with Crippen LogP contribution in [0.4, 0.5) is 11.4 Å². The molecular formula is C10H14BrN3. The Labute approximate surface area is 92.4 Å². The van der Waals surface area contributed by atoms with Crippen LogP contribution in [0, 0.1) is 0 Å². The molecule has 0 unspecified atom stereocenters. The zero-order chi connectivity index (χ0) is 9.97. The van der Waals surface area contributed by atoms with Crippen molar-refractivity contribution in [3.05, 3.63) is 22.7 Å². The molecule has 4 heteroatoms. The normalized spacial score (nSPS) is 14.9. The predicted molar refractivity (Wildman–Crippen MR) is 63.9 cm³/mol. The average Bonchev–Trinajstić information content (AvgIpc) is 2.19. The number of nitrogens with two attached hydrogens (primary N) is 1. The van der Waals surface area contributed by atoms with Crippen molar-refractivity contribution in [1.82, 2.24) is 0 Å². The van der Waals surface area contributed by atoms with E-state index >= 15 is 0 Å². The molecule has 1 aliphatic rings. The van der Waals surface area contributed by atoms with E-state index < -0.39 is 0 Å². The molecule has 0 atom stereocenters. The Bertz CT molecular complexity index is 327. The fraction of sp³-hybridized carbons (Fsp3) is 0.400. The molecule has 3 nitrogen and oxygen atoms in total. The smallest absolute Gasteiger partial charge is 0.0614 e. The molecule has 0 saturated heterocycles. The van der Waals surface area contributed by atoms with E-state index in [1.54, 1.807) is 0 Å². The van der Waals surface area contributed by atoms with Gasteiger partial charge < -0.3 is 16.0 Å². The third-order valence-electron chi connectivity index (χ3n) is 2.40. The molecular weight excluding hydrogens is 242 g/mol. The molecule has 1 aromatic rings. The lowest BCUT2D eigenvalue weighted by molar-refractivity contribution is 0.779. The van der Waals surface area contributed by atoms with Crippen LogP contribution < -0.4 is 16.0 Å². The van der Waals surface area contributed by atoms with Crippen molar-refractivity contribution in [2.24, 2.45) is 5.73 Å². The van der Waals surface area contributed by atoms with Crippen LogP contribution in [0.3, 0.4) is 0 Å². The summed E-state index contributed by atoms with van der Waals surface area (Å²) in [4.78, 5) is 2.32. The number of nitrogens with one attached hydrogen (secondary N) is 1. The SMILES string of the molecule is NCCN1CCNc2ccc(Br)cc21. The Hall–Kier alpha value is -0.740. The van der Waals surface area contributed by atoms with Crippen molar-refractivity contribution in [3.8, 4) is 0 Å². The molecule has 2 rings (SSSR count). The highest BCUT2D eigenvalue weighted by atomic mass is 79.9. The Morgan fingerprint density at radius 2 is 2.36 bits per heavy atom. The molecule has 0 bridgehead atoms. The van der Waals surface area contributed by atoms with Crippen LogP contribution in [0.5, 0.6) is 0 Å². The maximum atomic E-state index is 5.58. The fourth-order valence-corrected chi connectivity index (χ4v) is 2.10. The highest BCUT2D eigenvalue weighted by molar-refractivity contribution is 9.10. The number of hydrogen-bond donors (Lipinski definition) is 2. The van der Waals surface area contributed by atoms with Crippen LogP contribution in [-0.4, -0.2) is 26.2 Å². The lowest BCUT2D eigenvalue weighted by Crippen LogP contribution is -2.37. The zero-order valence-electron chi connectivity index (χ0n) is 7.96. The number of fused-ring (bicyclic) bond motifs is 1. The molecule has 3 N–H and O–H groups in total. The Morgan fingerprint density at radius 3 is 3.14 bits per heavy atom. The maximum absolute atomic E-state index is 5.58. The highest BCUT2D eigenvalue weighted by Crippen LogP contribution is 2.31. The van der Waals surface area contributed by atoms with E-state index in [9.17, 15) is 0 Å². The number of halogens is 1. The standard InChI is InChI=1S/C10H14BrN3/c11-8-1-2-9-10(7-8)14(5-3-12)6-4-13-9/h1-2,7,13H,3-6,12H2. The van der Waals surface area contributed by atoms with E-state index in [-0.39, 0.29) is 0 Å². The molecule has 1 aliphatic heterocycles. The van der Waals surface area contributed by atoms with Crippen LogP contribution in [-0.2, 0) is 0 Å². The first-order chi connectivity index (χ1) is 6.81. The van der Waals surface area contributed by atoms with Gasteiger partial charge >= 0.3 is 0 Å². The minimum absolute atomic E-state index is 0.700. The van der Waals surface area contributed by atoms with Crippen LogP contribution in [0.25, 0.3) is 0 Å². The summed E-state index contributed by atoms with van der Waals surface area (Å²) in [5.74, 6) is 0. The van der Waals surface area contributed by atoms with E-state index in [1.807, 2.05) is 0 Å². The third kappa shape index (κ3) is 1.86. The Balaban J connectivity index is 2.32. The van der Waals surface area contributed by atoms with Crippen LogP contribution in [0.15, 0.2) is 22.7 Å². The van der Waals surface area contributed by atoms with Gasteiger partial charge in [-0.05, 0) is 18.2 Å². The predicted octanol–water partition coefficient (Wildman–Crippen LogP) is 1.64. The molecule has 0 radical (unpaired) electrons. The quantitative estimate of drug-likeness (QED) is 0.845. The van der Waals surface area contributed by atoms with Crippen molar-refractivity contribution >= 4 is 27.3 Å². The second-order valence-electron chi connectivity index (χ2n) is 3.36. The van der Waals surface area contributed by atoms with Gasteiger partial charge in [0.05, 0.1) is 11.4 Å². The molecule has 0 aliphatic carbocycles. The molecule has 0 aromatic heterocycles. The van der Waals surface area contributed by atoms with Crippen LogP contribution in [0.1, 0.15) is 0 Å². The molecule has 1 heterocycles. The summed E-state index contributed by atoms with van der Waals surface area (Å²) < 4.78 is 1.11. The first-order valence-electron chi connectivity index (χ1n) is 4.79. The molecule has 1 aromatic carbocycles. The van der Waals surface area contributed by atoms with Crippen LogP contribution in [0.2, 0.25) is 0 Å². The first-order valence-corrected chi connectivity index (χ1v) is 5.59. The number of benzene rings is 1. The summed E-state index contributed by atoms with van der Waals surface area (Å²) in [6.07, 6.45) is 0. The topological polar surface area (TPSA) is 41.3 Å². The van der Waals surface area contributed by atoms with Gasteiger partial charge in [0.2, 0.25) is 0 Å². The number of hydrogen-bond acceptors (Lipinski definition) is 3. The van der Waals surface area contributed by atoms with Gasteiger partial charge in [-0.3, -0.25) is 0 Å². The largest absolute Gasteiger partial charge is 0.382 e.